The summed E-state index contributed by atoms with van der Waals surface area (Å²) in [6.07, 6.45) is 4.70. The SMILES string of the molecule is Cc1csc2c(=O)n(C3COC4(CCNCC4)C3)cnc12.Cl. The van der Waals surface area contributed by atoms with E-state index in [0.717, 1.165) is 48.1 Å². The van der Waals surface area contributed by atoms with Crippen LogP contribution in [0.1, 0.15) is 30.9 Å². The summed E-state index contributed by atoms with van der Waals surface area (Å²) in [6, 6.07) is 0.120. The quantitative estimate of drug-likeness (QED) is 0.864. The topological polar surface area (TPSA) is 56.1 Å². The number of ether oxygens (including phenoxy) is 1. The highest BCUT2D eigenvalue weighted by Crippen LogP contribution is 2.38. The molecule has 4 rings (SSSR count). The highest BCUT2D eigenvalue weighted by Gasteiger charge is 2.42. The minimum atomic E-state index is -0.0321. The van der Waals surface area contributed by atoms with Gasteiger partial charge in [-0.2, -0.15) is 0 Å². The van der Waals surface area contributed by atoms with Crippen molar-refractivity contribution in [3.8, 4) is 0 Å². The van der Waals surface area contributed by atoms with E-state index in [9.17, 15) is 4.79 Å². The largest absolute Gasteiger partial charge is 0.373 e. The predicted octanol–water partition coefficient (Wildman–Crippen LogP) is 2.27. The van der Waals surface area contributed by atoms with Crippen molar-refractivity contribution in [1.29, 1.82) is 0 Å². The van der Waals surface area contributed by atoms with Gasteiger partial charge in [0.25, 0.3) is 5.56 Å². The molecule has 0 aromatic carbocycles. The van der Waals surface area contributed by atoms with E-state index < -0.39 is 0 Å². The monoisotopic (exact) mass is 341 g/mol. The molecule has 0 amide bonds. The number of piperidine rings is 1. The van der Waals surface area contributed by atoms with E-state index in [2.05, 4.69) is 10.3 Å². The van der Waals surface area contributed by atoms with Gasteiger partial charge in [0.05, 0.1) is 30.1 Å². The van der Waals surface area contributed by atoms with E-state index in [4.69, 9.17) is 4.74 Å². The lowest BCUT2D eigenvalue weighted by atomic mass is 9.88. The van der Waals surface area contributed by atoms with Crippen LogP contribution in [0.5, 0.6) is 0 Å². The molecule has 2 aliphatic heterocycles. The summed E-state index contributed by atoms with van der Waals surface area (Å²) >= 11 is 1.49. The molecule has 0 radical (unpaired) electrons. The maximum atomic E-state index is 12.7. The second kappa shape index (κ2) is 5.92. The molecule has 4 heterocycles. The Morgan fingerprint density at radius 1 is 1.45 bits per heavy atom. The van der Waals surface area contributed by atoms with Crippen molar-refractivity contribution in [2.45, 2.75) is 37.8 Å². The lowest BCUT2D eigenvalue weighted by molar-refractivity contribution is -0.0196. The van der Waals surface area contributed by atoms with E-state index in [1.54, 1.807) is 10.9 Å². The molecule has 1 atom stereocenters. The van der Waals surface area contributed by atoms with Gasteiger partial charge in [-0.1, -0.05) is 0 Å². The Labute approximate surface area is 139 Å². The first-order valence-electron chi connectivity index (χ1n) is 7.48. The summed E-state index contributed by atoms with van der Waals surface area (Å²) in [6.45, 7) is 4.63. The summed E-state index contributed by atoms with van der Waals surface area (Å²) < 4.78 is 8.65. The number of aromatic nitrogens is 2. The molecule has 2 aliphatic rings. The average molecular weight is 342 g/mol. The number of fused-ring (bicyclic) bond motifs is 1. The van der Waals surface area contributed by atoms with Crippen molar-refractivity contribution in [1.82, 2.24) is 14.9 Å². The molecular weight excluding hydrogens is 322 g/mol. The summed E-state index contributed by atoms with van der Waals surface area (Å²) in [4.78, 5) is 17.2. The fourth-order valence-electron chi connectivity index (χ4n) is 3.53. The number of rotatable bonds is 1. The van der Waals surface area contributed by atoms with Crippen molar-refractivity contribution in [2.75, 3.05) is 19.7 Å². The lowest BCUT2D eigenvalue weighted by Crippen LogP contribution is -2.41. The number of halogens is 1. The molecule has 1 unspecified atom stereocenters. The minimum absolute atomic E-state index is 0. The van der Waals surface area contributed by atoms with Gasteiger partial charge in [0.2, 0.25) is 0 Å². The molecule has 1 spiro atoms. The Morgan fingerprint density at radius 2 is 2.23 bits per heavy atom. The van der Waals surface area contributed by atoms with Gasteiger partial charge < -0.3 is 10.1 Å². The van der Waals surface area contributed by atoms with Crippen molar-refractivity contribution in [3.63, 3.8) is 0 Å². The highest BCUT2D eigenvalue weighted by molar-refractivity contribution is 7.17. The zero-order valence-electron chi connectivity index (χ0n) is 12.5. The number of hydrogen-bond donors (Lipinski definition) is 1. The van der Waals surface area contributed by atoms with Gasteiger partial charge in [-0.25, -0.2) is 4.98 Å². The van der Waals surface area contributed by atoms with Crippen LogP contribution in [0.4, 0.5) is 0 Å². The van der Waals surface area contributed by atoms with Gasteiger partial charge in [0.15, 0.2) is 0 Å². The van der Waals surface area contributed by atoms with E-state index in [1.807, 2.05) is 12.3 Å². The third-order valence-corrected chi connectivity index (χ3v) is 5.85. The molecule has 5 nitrogen and oxygen atoms in total. The van der Waals surface area contributed by atoms with Crippen molar-refractivity contribution in [3.05, 3.63) is 27.6 Å². The maximum Gasteiger partial charge on any atom is 0.271 e. The number of aryl methyl sites for hydroxylation is 1. The summed E-state index contributed by atoms with van der Waals surface area (Å²) in [5.74, 6) is 0. The van der Waals surface area contributed by atoms with Gasteiger partial charge in [0.1, 0.15) is 4.70 Å². The van der Waals surface area contributed by atoms with Crippen LogP contribution in [0.25, 0.3) is 10.2 Å². The standard InChI is InChI=1S/C15H19N3O2S.ClH/c1-10-8-21-13-12(10)17-9-18(14(13)19)11-6-15(20-7-11)2-4-16-5-3-15;/h8-9,11,16H,2-7H2,1H3;1H. The Bertz CT molecular complexity index is 736. The Balaban J connectivity index is 0.00000144. The second-order valence-corrected chi connectivity index (χ2v) is 7.04. The first-order valence-corrected chi connectivity index (χ1v) is 8.36. The third-order valence-electron chi connectivity index (χ3n) is 4.78. The number of thiophene rings is 1. The fourth-order valence-corrected chi connectivity index (χ4v) is 4.47. The normalized spacial score (nSPS) is 23.8. The third kappa shape index (κ3) is 2.48. The van der Waals surface area contributed by atoms with E-state index in [-0.39, 0.29) is 29.6 Å². The Morgan fingerprint density at radius 3 is 3.00 bits per heavy atom. The minimum Gasteiger partial charge on any atom is -0.373 e. The molecule has 1 N–H and O–H groups in total. The van der Waals surface area contributed by atoms with Gasteiger partial charge in [0, 0.05) is 0 Å². The molecule has 0 aliphatic carbocycles. The Kier molecular flexibility index (Phi) is 4.29. The lowest BCUT2D eigenvalue weighted by Gasteiger charge is -2.32. The van der Waals surface area contributed by atoms with Gasteiger partial charge >= 0.3 is 0 Å². The maximum absolute atomic E-state index is 12.7. The zero-order chi connectivity index (χ0) is 14.4. The van der Waals surface area contributed by atoms with Gasteiger partial charge in [-0.05, 0) is 50.2 Å². The van der Waals surface area contributed by atoms with Crippen LogP contribution in [-0.2, 0) is 4.74 Å². The van der Waals surface area contributed by atoms with Crippen LogP contribution in [0.15, 0.2) is 16.5 Å². The van der Waals surface area contributed by atoms with Crippen LogP contribution >= 0.6 is 23.7 Å². The molecule has 2 fully saturated rings. The van der Waals surface area contributed by atoms with Crippen molar-refractivity contribution < 1.29 is 4.74 Å². The fraction of sp³-hybridized carbons (Fsp3) is 0.600. The van der Waals surface area contributed by atoms with Gasteiger partial charge in [-0.3, -0.25) is 9.36 Å². The number of nitrogens with one attached hydrogen (secondary N) is 1. The van der Waals surface area contributed by atoms with Crippen molar-refractivity contribution in [2.24, 2.45) is 0 Å². The smallest absolute Gasteiger partial charge is 0.271 e. The summed E-state index contributed by atoms with van der Waals surface area (Å²) in [7, 11) is 0. The summed E-state index contributed by atoms with van der Waals surface area (Å²) in [5.41, 5.74) is 1.97. The molecule has 2 aromatic heterocycles. The number of hydrogen-bond acceptors (Lipinski definition) is 5. The molecule has 7 heteroatoms. The van der Waals surface area contributed by atoms with Crippen molar-refractivity contribution >= 4 is 34.0 Å². The first-order chi connectivity index (χ1) is 10.2. The molecule has 2 aromatic rings. The first kappa shape index (κ1) is 15.9. The molecule has 2 saturated heterocycles. The predicted molar refractivity (Wildman–Crippen MR) is 90.3 cm³/mol. The van der Waals surface area contributed by atoms with E-state index in [0.29, 0.717) is 6.61 Å². The number of nitrogens with zero attached hydrogens (tertiary/aromatic N) is 2. The molecule has 0 saturated carbocycles. The summed E-state index contributed by atoms with van der Waals surface area (Å²) in [5, 5.41) is 5.37. The second-order valence-electron chi connectivity index (χ2n) is 6.16. The van der Waals surface area contributed by atoms with Crippen LogP contribution < -0.4 is 10.9 Å². The zero-order valence-corrected chi connectivity index (χ0v) is 14.1. The molecular formula is C15H20ClN3O2S. The van der Waals surface area contributed by atoms with E-state index in [1.165, 1.54) is 11.3 Å². The highest BCUT2D eigenvalue weighted by atomic mass is 35.5. The van der Waals surface area contributed by atoms with Crippen LogP contribution in [0, 0.1) is 6.92 Å². The van der Waals surface area contributed by atoms with Crippen LogP contribution in [0.3, 0.4) is 0 Å². The molecule has 0 bridgehead atoms. The van der Waals surface area contributed by atoms with E-state index >= 15 is 0 Å². The molecule has 22 heavy (non-hydrogen) atoms. The Hall–Kier alpha value is -0.950. The van der Waals surface area contributed by atoms with Crippen LogP contribution in [-0.4, -0.2) is 34.8 Å². The van der Waals surface area contributed by atoms with Crippen LogP contribution in [0.2, 0.25) is 0 Å². The van der Waals surface area contributed by atoms with Gasteiger partial charge in [-0.15, -0.1) is 23.7 Å². The average Bonchev–Trinajstić information content (AvgIpc) is 3.06. The molecule has 120 valence electrons.